The summed E-state index contributed by atoms with van der Waals surface area (Å²) in [5.41, 5.74) is 2.49. The molecule has 7 heteroatoms. The third-order valence-electron chi connectivity index (χ3n) is 6.14. The van der Waals surface area contributed by atoms with Gasteiger partial charge in [-0.2, -0.15) is 0 Å². The van der Waals surface area contributed by atoms with E-state index in [1.807, 2.05) is 37.3 Å². The molecule has 0 aliphatic carbocycles. The fourth-order valence-electron chi connectivity index (χ4n) is 4.41. The first kappa shape index (κ1) is 23.0. The van der Waals surface area contributed by atoms with Crippen LogP contribution in [0.25, 0.3) is 10.9 Å². The zero-order chi connectivity index (χ0) is 23.0. The second-order valence-electron chi connectivity index (χ2n) is 8.31. The second-order valence-corrected chi connectivity index (χ2v) is 8.31. The van der Waals surface area contributed by atoms with Crippen LogP contribution in [-0.2, 0) is 4.79 Å². The fourth-order valence-corrected chi connectivity index (χ4v) is 4.41. The van der Waals surface area contributed by atoms with Crippen LogP contribution in [0, 0.1) is 0 Å². The van der Waals surface area contributed by atoms with Gasteiger partial charge >= 0.3 is 0 Å². The summed E-state index contributed by atoms with van der Waals surface area (Å²) in [6.45, 7) is 5.77. The molecular weight excluding hydrogens is 418 g/mol. The molecule has 7 nitrogen and oxygen atoms in total. The Morgan fingerprint density at radius 2 is 1.76 bits per heavy atom. The number of nitrogens with one attached hydrogen (secondary N) is 2. The first-order chi connectivity index (χ1) is 16.2. The SMILES string of the molecule is CCOc1ccc(OCCNC(=O)CN2CCC(c3c[nH]c4ccc(OC)cc34)CC2)cc1. The highest BCUT2D eigenvalue weighted by Gasteiger charge is 2.24. The van der Waals surface area contributed by atoms with Crippen LogP contribution in [-0.4, -0.2) is 62.3 Å². The molecule has 33 heavy (non-hydrogen) atoms. The number of rotatable bonds is 10. The minimum Gasteiger partial charge on any atom is -0.497 e. The smallest absolute Gasteiger partial charge is 0.234 e. The van der Waals surface area contributed by atoms with E-state index in [0.29, 0.717) is 32.2 Å². The van der Waals surface area contributed by atoms with Gasteiger partial charge in [-0.25, -0.2) is 0 Å². The second kappa shape index (κ2) is 11.1. The minimum atomic E-state index is 0.0422. The van der Waals surface area contributed by atoms with Crippen molar-refractivity contribution >= 4 is 16.8 Å². The van der Waals surface area contributed by atoms with Crippen LogP contribution in [0.15, 0.2) is 48.7 Å². The predicted octanol–water partition coefficient (Wildman–Crippen LogP) is 3.95. The van der Waals surface area contributed by atoms with Crippen LogP contribution in [0.4, 0.5) is 0 Å². The molecule has 176 valence electrons. The monoisotopic (exact) mass is 451 g/mol. The van der Waals surface area contributed by atoms with Gasteiger partial charge in [0, 0.05) is 17.1 Å². The summed E-state index contributed by atoms with van der Waals surface area (Å²) >= 11 is 0. The standard InChI is InChI=1S/C26H33N3O4/c1-3-32-20-4-6-21(7-5-20)33-15-12-27-26(30)18-29-13-10-19(11-14-29)24-17-28-25-9-8-22(31-2)16-23(24)25/h4-9,16-17,19,28H,3,10-15,18H2,1-2H3,(H,27,30). The van der Waals surface area contributed by atoms with Crippen molar-refractivity contribution in [3.8, 4) is 17.2 Å². The number of aromatic amines is 1. The molecular formula is C26H33N3O4. The van der Waals surface area contributed by atoms with Gasteiger partial charge in [-0.1, -0.05) is 0 Å². The number of aromatic nitrogens is 1. The Labute approximate surface area is 195 Å². The van der Waals surface area contributed by atoms with Crippen LogP contribution in [0.2, 0.25) is 0 Å². The lowest BCUT2D eigenvalue weighted by Gasteiger charge is -2.31. The summed E-state index contributed by atoms with van der Waals surface area (Å²) < 4.78 is 16.5. The topological polar surface area (TPSA) is 75.8 Å². The fraction of sp³-hybridized carbons (Fsp3) is 0.423. The number of nitrogens with zero attached hydrogens (tertiary/aromatic N) is 1. The van der Waals surface area contributed by atoms with E-state index in [-0.39, 0.29) is 5.91 Å². The number of likely N-dealkylation sites (tertiary alicyclic amines) is 1. The Morgan fingerprint density at radius 1 is 1.06 bits per heavy atom. The highest BCUT2D eigenvalue weighted by atomic mass is 16.5. The first-order valence-corrected chi connectivity index (χ1v) is 11.7. The number of methoxy groups -OCH3 is 1. The van der Waals surface area contributed by atoms with Crippen molar-refractivity contribution in [2.75, 3.05) is 46.5 Å². The van der Waals surface area contributed by atoms with Crippen LogP contribution < -0.4 is 19.5 Å². The van der Waals surface area contributed by atoms with Gasteiger partial charge < -0.3 is 24.5 Å². The summed E-state index contributed by atoms with van der Waals surface area (Å²) in [5.74, 6) is 3.01. The Kier molecular flexibility index (Phi) is 7.73. The lowest BCUT2D eigenvalue weighted by atomic mass is 9.89. The highest BCUT2D eigenvalue weighted by Crippen LogP contribution is 2.34. The average Bonchev–Trinajstić information content (AvgIpc) is 3.27. The maximum atomic E-state index is 12.4. The van der Waals surface area contributed by atoms with Crippen LogP contribution in [0.3, 0.4) is 0 Å². The van der Waals surface area contributed by atoms with Gasteiger partial charge in [-0.3, -0.25) is 9.69 Å². The summed E-state index contributed by atoms with van der Waals surface area (Å²) in [6, 6.07) is 13.7. The quantitative estimate of drug-likeness (QED) is 0.457. The number of fused-ring (bicyclic) bond motifs is 1. The van der Waals surface area contributed by atoms with Gasteiger partial charge in [0.05, 0.1) is 26.8 Å². The number of hydrogen-bond donors (Lipinski definition) is 2. The molecule has 1 aliphatic rings. The van der Waals surface area contributed by atoms with Gasteiger partial charge in [-0.15, -0.1) is 0 Å². The van der Waals surface area contributed by atoms with Crippen molar-refractivity contribution in [2.24, 2.45) is 0 Å². The number of piperidine rings is 1. The zero-order valence-electron chi connectivity index (χ0n) is 19.4. The van der Waals surface area contributed by atoms with Crippen molar-refractivity contribution < 1.29 is 19.0 Å². The molecule has 0 unspecified atom stereocenters. The average molecular weight is 452 g/mol. The molecule has 1 aliphatic heterocycles. The third kappa shape index (κ3) is 5.99. The molecule has 0 saturated carbocycles. The number of carbonyl (C=O) groups excluding carboxylic acids is 1. The molecule has 2 aromatic carbocycles. The van der Waals surface area contributed by atoms with Gasteiger partial charge in [0.2, 0.25) is 5.91 Å². The van der Waals surface area contributed by atoms with Gasteiger partial charge in [0.25, 0.3) is 0 Å². The first-order valence-electron chi connectivity index (χ1n) is 11.7. The molecule has 1 aromatic heterocycles. The molecule has 1 saturated heterocycles. The summed E-state index contributed by atoms with van der Waals surface area (Å²) in [6.07, 6.45) is 4.21. The molecule has 2 N–H and O–H groups in total. The largest absolute Gasteiger partial charge is 0.497 e. The maximum Gasteiger partial charge on any atom is 0.234 e. The van der Waals surface area contributed by atoms with Crippen LogP contribution in [0.5, 0.6) is 17.2 Å². The van der Waals surface area contributed by atoms with E-state index in [1.54, 1.807) is 7.11 Å². The number of benzene rings is 2. The Balaban J connectivity index is 1.17. The lowest BCUT2D eigenvalue weighted by Crippen LogP contribution is -2.42. The normalized spacial score (nSPS) is 14.8. The zero-order valence-corrected chi connectivity index (χ0v) is 19.4. The van der Waals surface area contributed by atoms with Crippen molar-refractivity contribution in [3.63, 3.8) is 0 Å². The van der Waals surface area contributed by atoms with Crippen molar-refractivity contribution in [3.05, 3.63) is 54.2 Å². The van der Waals surface area contributed by atoms with E-state index in [2.05, 4.69) is 33.5 Å². The molecule has 1 amide bonds. The Hall–Kier alpha value is -3.19. The molecule has 3 aromatic rings. The van der Waals surface area contributed by atoms with E-state index in [4.69, 9.17) is 14.2 Å². The summed E-state index contributed by atoms with van der Waals surface area (Å²) in [5, 5.41) is 4.19. The minimum absolute atomic E-state index is 0.0422. The van der Waals surface area contributed by atoms with Crippen LogP contribution in [0.1, 0.15) is 31.2 Å². The molecule has 4 rings (SSSR count). The third-order valence-corrected chi connectivity index (χ3v) is 6.14. The molecule has 0 atom stereocenters. The van der Waals surface area contributed by atoms with E-state index in [0.717, 1.165) is 48.7 Å². The van der Waals surface area contributed by atoms with E-state index in [9.17, 15) is 4.79 Å². The Bertz CT molecular complexity index is 1040. The van der Waals surface area contributed by atoms with Crippen LogP contribution >= 0.6 is 0 Å². The van der Waals surface area contributed by atoms with Crippen molar-refractivity contribution in [1.82, 2.24) is 15.2 Å². The number of amides is 1. The number of carbonyl (C=O) groups is 1. The van der Waals surface area contributed by atoms with Gasteiger partial charge in [0.15, 0.2) is 0 Å². The van der Waals surface area contributed by atoms with Gasteiger partial charge in [-0.05, 0) is 86.8 Å². The summed E-state index contributed by atoms with van der Waals surface area (Å²) in [4.78, 5) is 18.0. The molecule has 0 bridgehead atoms. The summed E-state index contributed by atoms with van der Waals surface area (Å²) in [7, 11) is 1.70. The maximum absolute atomic E-state index is 12.4. The lowest BCUT2D eigenvalue weighted by molar-refractivity contribution is -0.122. The number of H-pyrrole nitrogens is 1. The van der Waals surface area contributed by atoms with Crippen molar-refractivity contribution in [1.29, 1.82) is 0 Å². The van der Waals surface area contributed by atoms with E-state index >= 15 is 0 Å². The molecule has 0 spiro atoms. The Morgan fingerprint density at radius 3 is 2.45 bits per heavy atom. The molecule has 1 fully saturated rings. The van der Waals surface area contributed by atoms with E-state index in [1.165, 1.54) is 10.9 Å². The molecule has 0 radical (unpaired) electrons. The molecule has 2 heterocycles. The van der Waals surface area contributed by atoms with Gasteiger partial charge in [0.1, 0.15) is 23.9 Å². The number of ether oxygens (including phenoxy) is 3. The van der Waals surface area contributed by atoms with Crippen molar-refractivity contribution in [2.45, 2.75) is 25.7 Å². The van der Waals surface area contributed by atoms with E-state index < -0.39 is 0 Å². The number of hydrogen-bond acceptors (Lipinski definition) is 5. The predicted molar refractivity (Wildman–Crippen MR) is 129 cm³/mol. The highest BCUT2D eigenvalue weighted by molar-refractivity contribution is 5.85.